The molecule has 2 amide bonds. The highest BCUT2D eigenvalue weighted by Crippen LogP contribution is 2.46. The molecule has 0 unspecified atom stereocenters. The van der Waals surface area contributed by atoms with Crippen LogP contribution in [0.4, 0.5) is 0 Å². The number of hydrogen-bond donors (Lipinski definition) is 3. The molecule has 132 valence electrons. The third-order valence-corrected chi connectivity index (χ3v) is 4.90. The third-order valence-electron chi connectivity index (χ3n) is 4.90. The molecule has 1 aromatic heterocycles. The monoisotopic (exact) mass is 347 g/mol. The van der Waals surface area contributed by atoms with Gasteiger partial charge in [0.05, 0.1) is 6.54 Å². The molecule has 5 heteroatoms. The van der Waals surface area contributed by atoms with Crippen molar-refractivity contribution >= 4 is 22.7 Å². The first-order chi connectivity index (χ1) is 12.7. The Bertz CT molecular complexity index is 900. The minimum atomic E-state index is -0.273. The standard InChI is InChI=1S/C21H21N3O2/c25-20(22-12-16-10-17(16)14-6-2-1-3-7-14)13-23-21(26)19-11-15-8-4-5-9-18(15)24-19/h1-9,11,16-17,24H,10,12-13H2,(H,22,25)(H,23,26)/t16-,17-/m1/s1. The second kappa shape index (κ2) is 7.04. The van der Waals surface area contributed by atoms with E-state index in [9.17, 15) is 9.59 Å². The van der Waals surface area contributed by atoms with Crippen LogP contribution >= 0.6 is 0 Å². The molecular formula is C21H21N3O2. The van der Waals surface area contributed by atoms with Crippen LogP contribution in [0.15, 0.2) is 60.7 Å². The number of nitrogens with one attached hydrogen (secondary N) is 3. The maximum atomic E-state index is 12.2. The van der Waals surface area contributed by atoms with Gasteiger partial charge in [0.1, 0.15) is 5.69 Å². The Balaban J connectivity index is 1.22. The molecule has 0 radical (unpaired) electrons. The fraction of sp³-hybridized carbons (Fsp3) is 0.238. The SMILES string of the molecule is O=C(CNC(=O)c1cc2ccccc2[nH]1)NC[C@H]1C[C@@H]1c1ccccc1. The molecule has 0 aliphatic heterocycles. The average Bonchev–Trinajstić information content (AvgIpc) is 3.33. The van der Waals surface area contributed by atoms with Gasteiger partial charge in [0.25, 0.3) is 5.91 Å². The molecule has 0 saturated heterocycles. The van der Waals surface area contributed by atoms with Crippen molar-refractivity contribution in [1.29, 1.82) is 0 Å². The minimum absolute atomic E-state index is 0.0169. The van der Waals surface area contributed by atoms with Gasteiger partial charge in [0.15, 0.2) is 0 Å². The van der Waals surface area contributed by atoms with Crippen LogP contribution < -0.4 is 10.6 Å². The van der Waals surface area contributed by atoms with E-state index in [2.05, 4.69) is 27.8 Å². The second-order valence-electron chi connectivity index (χ2n) is 6.77. The maximum absolute atomic E-state index is 12.2. The van der Waals surface area contributed by atoms with E-state index in [-0.39, 0.29) is 18.4 Å². The highest BCUT2D eigenvalue weighted by atomic mass is 16.2. The van der Waals surface area contributed by atoms with Crippen LogP contribution in [0, 0.1) is 5.92 Å². The summed E-state index contributed by atoms with van der Waals surface area (Å²) in [6, 6.07) is 19.8. The van der Waals surface area contributed by atoms with E-state index in [1.54, 1.807) is 6.07 Å². The van der Waals surface area contributed by atoms with Gasteiger partial charge in [-0.2, -0.15) is 0 Å². The Hall–Kier alpha value is -3.08. The predicted octanol–water partition coefficient (Wildman–Crippen LogP) is 2.82. The molecule has 5 nitrogen and oxygen atoms in total. The summed E-state index contributed by atoms with van der Waals surface area (Å²) in [5.41, 5.74) is 2.70. The lowest BCUT2D eigenvalue weighted by Crippen LogP contribution is -2.37. The van der Waals surface area contributed by atoms with Crippen LogP contribution in [0.3, 0.4) is 0 Å². The first kappa shape index (κ1) is 16.4. The summed E-state index contributed by atoms with van der Waals surface area (Å²) in [5, 5.41) is 6.55. The number of benzene rings is 2. The highest BCUT2D eigenvalue weighted by Gasteiger charge is 2.37. The Morgan fingerprint density at radius 1 is 1.00 bits per heavy atom. The van der Waals surface area contributed by atoms with E-state index in [0.29, 0.717) is 24.1 Å². The van der Waals surface area contributed by atoms with Crippen molar-refractivity contribution in [1.82, 2.24) is 15.6 Å². The number of amides is 2. The van der Waals surface area contributed by atoms with Crippen molar-refractivity contribution in [3.05, 3.63) is 71.9 Å². The fourth-order valence-corrected chi connectivity index (χ4v) is 3.34. The molecule has 0 bridgehead atoms. The van der Waals surface area contributed by atoms with Crippen LogP contribution in [0.5, 0.6) is 0 Å². The lowest BCUT2D eigenvalue weighted by Gasteiger charge is -2.06. The highest BCUT2D eigenvalue weighted by molar-refractivity contribution is 5.99. The normalized spacial score (nSPS) is 18.5. The van der Waals surface area contributed by atoms with Gasteiger partial charge in [0, 0.05) is 17.4 Å². The predicted molar refractivity (Wildman–Crippen MR) is 101 cm³/mol. The maximum Gasteiger partial charge on any atom is 0.268 e. The van der Waals surface area contributed by atoms with Gasteiger partial charge >= 0.3 is 0 Å². The van der Waals surface area contributed by atoms with Gasteiger partial charge in [0.2, 0.25) is 5.91 Å². The van der Waals surface area contributed by atoms with Gasteiger partial charge in [-0.1, -0.05) is 48.5 Å². The average molecular weight is 347 g/mol. The molecule has 1 heterocycles. The van der Waals surface area contributed by atoms with Crippen molar-refractivity contribution in [3.8, 4) is 0 Å². The van der Waals surface area contributed by atoms with E-state index in [1.165, 1.54) is 5.56 Å². The lowest BCUT2D eigenvalue weighted by molar-refractivity contribution is -0.120. The van der Waals surface area contributed by atoms with E-state index >= 15 is 0 Å². The van der Waals surface area contributed by atoms with Gasteiger partial charge in [-0.25, -0.2) is 0 Å². The number of aromatic amines is 1. The largest absolute Gasteiger partial charge is 0.354 e. The first-order valence-electron chi connectivity index (χ1n) is 8.88. The molecule has 3 N–H and O–H groups in total. The van der Waals surface area contributed by atoms with E-state index in [0.717, 1.165) is 17.3 Å². The topological polar surface area (TPSA) is 74.0 Å². The molecule has 0 spiro atoms. The second-order valence-corrected chi connectivity index (χ2v) is 6.77. The summed E-state index contributed by atoms with van der Waals surface area (Å²) in [5.74, 6) is 0.598. The zero-order valence-corrected chi connectivity index (χ0v) is 14.4. The van der Waals surface area contributed by atoms with Gasteiger partial charge in [-0.3, -0.25) is 9.59 Å². The number of carbonyl (C=O) groups excluding carboxylic acids is 2. The lowest BCUT2D eigenvalue weighted by atomic mass is 10.1. The molecule has 2 atom stereocenters. The summed E-state index contributed by atoms with van der Waals surface area (Å²) in [6.45, 7) is 0.636. The number of hydrogen-bond acceptors (Lipinski definition) is 2. The van der Waals surface area contributed by atoms with Crippen LogP contribution in [-0.2, 0) is 4.79 Å². The van der Waals surface area contributed by atoms with Gasteiger partial charge in [-0.15, -0.1) is 0 Å². The third kappa shape index (κ3) is 3.61. The number of rotatable bonds is 6. The number of carbonyl (C=O) groups is 2. The van der Waals surface area contributed by atoms with Gasteiger partial charge < -0.3 is 15.6 Å². The van der Waals surface area contributed by atoms with Crippen LogP contribution in [0.1, 0.15) is 28.4 Å². The van der Waals surface area contributed by atoms with E-state index in [1.807, 2.05) is 42.5 Å². The van der Waals surface area contributed by atoms with Crippen molar-refractivity contribution in [2.45, 2.75) is 12.3 Å². The molecule has 1 aliphatic carbocycles. The Morgan fingerprint density at radius 2 is 1.77 bits per heavy atom. The molecule has 2 aromatic carbocycles. The zero-order valence-electron chi connectivity index (χ0n) is 14.4. The Kier molecular flexibility index (Phi) is 4.44. The van der Waals surface area contributed by atoms with Crippen LogP contribution in [0.2, 0.25) is 0 Å². The molecule has 4 rings (SSSR count). The van der Waals surface area contributed by atoms with Crippen LogP contribution in [-0.4, -0.2) is 29.9 Å². The van der Waals surface area contributed by atoms with Crippen molar-refractivity contribution in [2.24, 2.45) is 5.92 Å². The summed E-state index contributed by atoms with van der Waals surface area (Å²) in [4.78, 5) is 27.2. The van der Waals surface area contributed by atoms with E-state index in [4.69, 9.17) is 0 Å². The summed E-state index contributed by atoms with van der Waals surface area (Å²) >= 11 is 0. The van der Waals surface area contributed by atoms with E-state index < -0.39 is 0 Å². The van der Waals surface area contributed by atoms with Crippen molar-refractivity contribution in [3.63, 3.8) is 0 Å². The molecule has 1 saturated carbocycles. The number of para-hydroxylation sites is 1. The molecule has 26 heavy (non-hydrogen) atoms. The zero-order chi connectivity index (χ0) is 17.9. The first-order valence-corrected chi connectivity index (χ1v) is 8.88. The number of H-pyrrole nitrogens is 1. The fourth-order valence-electron chi connectivity index (χ4n) is 3.34. The quantitative estimate of drug-likeness (QED) is 0.641. The molecular weight excluding hydrogens is 326 g/mol. The smallest absolute Gasteiger partial charge is 0.268 e. The van der Waals surface area contributed by atoms with Crippen molar-refractivity contribution in [2.75, 3.05) is 13.1 Å². The number of fused-ring (bicyclic) bond motifs is 1. The Morgan fingerprint density at radius 3 is 2.58 bits per heavy atom. The Labute approximate surface area is 151 Å². The minimum Gasteiger partial charge on any atom is -0.354 e. The molecule has 1 fully saturated rings. The molecule has 1 aliphatic rings. The summed E-state index contributed by atoms with van der Waals surface area (Å²) < 4.78 is 0. The molecule has 3 aromatic rings. The number of aromatic nitrogens is 1. The summed E-state index contributed by atoms with van der Waals surface area (Å²) in [7, 11) is 0. The van der Waals surface area contributed by atoms with Gasteiger partial charge in [-0.05, 0) is 36.0 Å². The van der Waals surface area contributed by atoms with Crippen molar-refractivity contribution < 1.29 is 9.59 Å². The summed E-state index contributed by atoms with van der Waals surface area (Å²) in [6.07, 6.45) is 1.10. The van der Waals surface area contributed by atoms with Crippen LogP contribution in [0.25, 0.3) is 10.9 Å².